The summed E-state index contributed by atoms with van der Waals surface area (Å²) in [6, 6.07) is 12.2. The van der Waals surface area contributed by atoms with Gasteiger partial charge in [0.25, 0.3) is 0 Å². The predicted molar refractivity (Wildman–Crippen MR) is 106 cm³/mol. The van der Waals surface area contributed by atoms with Gasteiger partial charge in [0.05, 0.1) is 10.2 Å². The first-order chi connectivity index (χ1) is 12.1. The van der Waals surface area contributed by atoms with E-state index in [1.54, 1.807) is 47.0 Å². The average Bonchev–Trinajstić information content (AvgIpc) is 3.03. The van der Waals surface area contributed by atoms with Crippen LogP contribution >= 0.6 is 34.9 Å². The van der Waals surface area contributed by atoms with E-state index in [4.69, 9.17) is 0 Å². The molecule has 130 valence electrons. The number of thiazole rings is 1. The highest BCUT2D eigenvalue weighted by Crippen LogP contribution is 2.30. The van der Waals surface area contributed by atoms with Crippen molar-refractivity contribution in [3.05, 3.63) is 48.3 Å². The Morgan fingerprint density at radius 3 is 2.80 bits per heavy atom. The molecule has 1 N–H and O–H groups in total. The number of aromatic nitrogens is 1. The van der Waals surface area contributed by atoms with Gasteiger partial charge in [0.15, 0.2) is 4.34 Å². The Balaban J connectivity index is 1.46. The molecule has 3 nitrogen and oxygen atoms in total. The minimum absolute atomic E-state index is 0.00802. The SMILES string of the molecule is CSc1nc2ccc(NC(=O)CCCSc3ccc(F)cc3)cc2s1. The Hall–Kier alpha value is -1.57. The van der Waals surface area contributed by atoms with Crippen molar-refractivity contribution in [2.45, 2.75) is 22.1 Å². The van der Waals surface area contributed by atoms with Crippen LogP contribution in [0.1, 0.15) is 12.8 Å². The fourth-order valence-corrected chi connectivity index (χ4v) is 4.63. The maximum absolute atomic E-state index is 12.8. The number of amides is 1. The molecule has 1 aromatic heterocycles. The van der Waals surface area contributed by atoms with Crippen LogP contribution < -0.4 is 5.32 Å². The topological polar surface area (TPSA) is 42.0 Å². The molecule has 25 heavy (non-hydrogen) atoms. The first kappa shape index (κ1) is 18.2. The minimum atomic E-state index is -0.230. The molecule has 7 heteroatoms. The molecule has 0 saturated heterocycles. The van der Waals surface area contributed by atoms with Crippen LogP contribution in [0.4, 0.5) is 10.1 Å². The van der Waals surface area contributed by atoms with Crippen LogP contribution in [-0.2, 0) is 4.79 Å². The molecule has 1 heterocycles. The van der Waals surface area contributed by atoms with E-state index in [0.717, 1.165) is 37.3 Å². The van der Waals surface area contributed by atoms with Gasteiger partial charge in [-0.25, -0.2) is 9.37 Å². The molecule has 0 bridgehead atoms. The molecule has 1 amide bonds. The number of hydrogen-bond donors (Lipinski definition) is 1. The lowest BCUT2D eigenvalue weighted by Gasteiger charge is -2.05. The van der Waals surface area contributed by atoms with Crippen molar-refractivity contribution in [2.24, 2.45) is 0 Å². The molecule has 0 unspecified atom stereocenters. The summed E-state index contributed by atoms with van der Waals surface area (Å²) in [6.07, 6.45) is 3.24. The fourth-order valence-electron chi connectivity index (χ4n) is 2.25. The van der Waals surface area contributed by atoms with Gasteiger partial charge in [-0.1, -0.05) is 11.8 Å². The number of benzene rings is 2. The molecule has 0 atom stereocenters. The third kappa shape index (κ3) is 5.20. The summed E-state index contributed by atoms with van der Waals surface area (Å²) >= 11 is 4.88. The lowest BCUT2D eigenvalue weighted by Crippen LogP contribution is -2.11. The van der Waals surface area contributed by atoms with Gasteiger partial charge in [-0.15, -0.1) is 23.1 Å². The van der Waals surface area contributed by atoms with Crippen molar-refractivity contribution in [2.75, 3.05) is 17.3 Å². The van der Waals surface area contributed by atoms with Gasteiger partial charge in [0, 0.05) is 17.0 Å². The zero-order valence-corrected chi connectivity index (χ0v) is 16.1. The summed E-state index contributed by atoms with van der Waals surface area (Å²) in [6.45, 7) is 0. The molecule has 0 aliphatic carbocycles. The molecule has 3 rings (SSSR count). The van der Waals surface area contributed by atoms with Gasteiger partial charge < -0.3 is 5.32 Å². The highest BCUT2D eigenvalue weighted by molar-refractivity contribution is 8.00. The van der Waals surface area contributed by atoms with E-state index >= 15 is 0 Å². The molecule has 3 aromatic rings. The van der Waals surface area contributed by atoms with Crippen molar-refractivity contribution in [1.82, 2.24) is 4.98 Å². The number of carbonyl (C=O) groups is 1. The average molecular weight is 393 g/mol. The quantitative estimate of drug-likeness (QED) is 0.416. The summed E-state index contributed by atoms with van der Waals surface area (Å²) in [5, 5.41) is 2.94. The number of thioether (sulfide) groups is 2. The molecule has 0 radical (unpaired) electrons. The van der Waals surface area contributed by atoms with E-state index in [9.17, 15) is 9.18 Å². The van der Waals surface area contributed by atoms with Crippen molar-refractivity contribution in [3.8, 4) is 0 Å². The number of nitrogens with one attached hydrogen (secondary N) is 1. The van der Waals surface area contributed by atoms with Crippen molar-refractivity contribution in [3.63, 3.8) is 0 Å². The summed E-state index contributed by atoms with van der Waals surface area (Å²) < 4.78 is 14.9. The second-order valence-corrected chi connectivity index (χ2v) is 8.57. The Labute approximate surface area is 158 Å². The zero-order chi connectivity index (χ0) is 17.6. The minimum Gasteiger partial charge on any atom is -0.326 e. The van der Waals surface area contributed by atoms with Gasteiger partial charge in [-0.2, -0.15) is 0 Å². The van der Waals surface area contributed by atoms with E-state index in [1.807, 2.05) is 24.5 Å². The standard InChI is InChI=1S/C18H17FN2OS3/c1-23-18-21-15-9-6-13(11-16(15)25-18)20-17(22)3-2-10-24-14-7-4-12(19)5-8-14/h4-9,11H,2-3,10H2,1H3,(H,20,22). The maximum atomic E-state index is 12.8. The summed E-state index contributed by atoms with van der Waals surface area (Å²) in [5.74, 6) is 0.601. The summed E-state index contributed by atoms with van der Waals surface area (Å²) in [7, 11) is 0. The summed E-state index contributed by atoms with van der Waals surface area (Å²) in [5.41, 5.74) is 1.77. The number of nitrogens with zero attached hydrogens (tertiary/aromatic N) is 1. The van der Waals surface area contributed by atoms with Gasteiger partial charge in [-0.3, -0.25) is 4.79 Å². The van der Waals surface area contributed by atoms with E-state index < -0.39 is 0 Å². The smallest absolute Gasteiger partial charge is 0.224 e. The first-order valence-electron chi connectivity index (χ1n) is 7.77. The second-order valence-electron chi connectivity index (χ2n) is 5.32. The Morgan fingerprint density at radius 2 is 2.04 bits per heavy atom. The largest absolute Gasteiger partial charge is 0.326 e. The van der Waals surface area contributed by atoms with Gasteiger partial charge >= 0.3 is 0 Å². The van der Waals surface area contributed by atoms with Crippen molar-refractivity contribution < 1.29 is 9.18 Å². The zero-order valence-electron chi connectivity index (χ0n) is 13.6. The fraction of sp³-hybridized carbons (Fsp3) is 0.222. The number of fused-ring (bicyclic) bond motifs is 1. The number of carbonyl (C=O) groups excluding carboxylic acids is 1. The maximum Gasteiger partial charge on any atom is 0.224 e. The molecule has 0 saturated carbocycles. The summed E-state index contributed by atoms with van der Waals surface area (Å²) in [4.78, 5) is 17.6. The molecule has 2 aromatic carbocycles. The lowest BCUT2D eigenvalue weighted by atomic mass is 10.2. The molecule has 0 aliphatic heterocycles. The van der Waals surface area contributed by atoms with Crippen molar-refractivity contribution >= 4 is 56.7 Å². The van der Waals surface area contributed by atoms with Gasteiger partial charge in [0.1, 0.15) is 5.82 Å². The third-order valence-electron chi connectivity index (χ3n) is 3.46. The molecular formula is C18H17FN2OS3. The van der Waals surface area contributed by atoms with Gasteiger partial charge in [-0.05, 0) is 60.9 Å². The van der Waals surface area contributed by atoms with E-state index in [-0.39, 0.29) is 11.7 Å². The predicted octanol–water partition coefficient (Wildman–Crippen LogP) is 5.67. The van der Waals surface area contributed by atoms with Crippen LogP contribution in [0.3, 0.4) is 0 Å². The van der Waals surface area contributed by atoms with Crippen LogP contribution in [0.5, 0.6) is 0 Å². The van der Waals surface area contributed by atoms with Crippen LogP contribution in [0.15, 0.2) is 51.7 Å². The van der Waals surface area contributed by atoms with Crippen LogP contribution in [0, 0.1) is 5.82 Å². The van der Waals surface area contributed by atoms with Crippen molar-refractivity contribution in [1.29, 1.82) is 0 Å². The number of rotatable bonds is 7. The highest BCUT2D eigenvalue weighted by atomic mass is 32.2. The Bertz CT molecular complexity index is 864. The number of hydrogen-bond acceptors (Lipinski definition) is 5. The second kappa shape index (κ2) is 8.69. The number of anilines is 1. The first-order valence-corrected chi connectivity index (χ1v) is 10.8. The van der Waals surface area contributed by atoms with E-state index in [0.29, 0.717) is 6.42 Å². The third-order valence-corrected chi connectivity index (χ3v) is 6.56. The van der Waals surface area contributed by atoms with E-state index in [1.165, 1.54) is 12.1 Å². The Morgan fingerprint density at radius 1 is 1.24 bits per heavy atom. The van der Waals surface area contributed by atoms with Crippen LogP contribution in [0.2, 0.25) is 0 Å². The number of halogens is 1. The highest BCUT2D eigenvalue weighted by Gasteiger charge is 2.07. The molecule has 0 spiro atoms. The Kier molecular flexibility index (Phi) is 6.34. The van der Waals surface area contributed by atoms with Crippen LogP contribution in [-0.4, -0.2) is 22.9 Å². The normalized spacial score (nSPS) is 11.0. The monoisotopic (exact) mass is 392 g/mol. The molecule has 0 aliphatic rings. The molecular weight excluding hydrogens is 375 g/mol. The molecule has 0 fully saturated rings. The van der Waals surface area contributed by atoms with Gasteiger partial charge in [0.2, 0.25) is 5.91 Å². The van der Waals surface area contributed by atoms with E-state index in [2.05, 4.69) is 10.3 Å². The van der Waals surface area contributed by atoms with Crippen LogP contribution in [0.25, 0.3) is 10.2 Å². The lowest BCUT2D eigenvalue weighted by molar-refractivity contribution is -0.116.